The van der Waals surface area contributed by atoms with E-state index < -0.39 is 0 Å². The predicted molar refractivity (Wildman–Crippen MR) is 106 cm³/mol. The number of hydrogen-bond acceptors (Lipinski definition) is 3. The van der Waals surface area contributed by atoms with E-state index in [1.165, 1.54) is 11.1 Å². The van der Waals surface area contributed by atoms with Crippen LogP contribution in [-0.2, 0) is 13.0 Å². The Balaban J connectivity index is 1.59. The maximum Gasteiger partial charge on any atom is 0.254 e. The van der Waals surface area contributed by atoms with Gasteiger partial charge in [-0.1, -0.05) is 36.4 Å². The molecule has 0 saturated carbocycles. The van der Waals surface area contributed by atoms with Crippen molar-refractivity contribution in [3.63, 3.8) is 0 Å². The lowest BCUT2D eigenvalue weighted by molar-refractivity contribution is 0.0734. The molecule has 2 aromatic carbocycles. The molecule has 2 aromatic rings. The summed E-state index contributed by atoms with van der Waals surface area (Å²) in [5.74, 6) is 0.232. The van der Waals surface area contributed by atoms with E-state index in [1.54, 1.807) is 0 Å². The number of Topliss-reactive ketones (excluding diaryl/α,β-unsaturated/α-hetero) is 1. The number of carbonyl (C=O) groups excluding carboxylic acids is 2. The van der Waals surface area contributed by atoms with Crippen LogP contribution in [0.1, 0.15) is 62.7 Å². The lowest BCUT2D eigenvalue weighted by atomic mass is 9.99. The summed E-state index contributed by atoms with van der Waals surface area (Å²) < 4.78 is 0. The van der Waals surface area contributed by atoms with E-state index in [1.807, 2.05) is 23.1 Å². The van der Waals surface area contributed by atoms with Crippen LogP contribution >= 0.6 is 0 Å². The lowest BCUT2D eigenvalue weighted by Gasteiger charge is -2.26. The van der Waals surface area contributed by atoms with Gasteiger partial charge < -0.3 is 9.80 Å². The average molecular weight is 362 g/mol. The highest BCUT2D eigenvalue weighted by Crippen LogP contribution is 2.35. The number of ketones is 1. The van der Waals surface area contributed by atoms with E-state index in [9.17, 15) is 9.59 Å². The highest BCUT2D eigenvalue weighted by atomic mass is 16.2. The first-order valence-electron chi connectivity index (χ1n) is 9.74. The zero-order valence-corrected chi connectivity index (χ0v) is 16.1. The molecule has 1 fully saturated rings. The number of nitrogens with zero attached hydrogens (tertiary/aromatic N) is 2. The SMILES string of the molecule is CN(C)Cc1ccc(C2CCCN2C(=O)c2cccc3c2CCC3=O)cc1. The smallest absolute Gasteiger partial charge is 0.254 e. The fraction of sp³-hybridized carbons (Fsp3) is 0.391. The monoisotopic (exact) mass is 362 g/mol. The van der Waals surface area contributed by atoms with Crippen LogP contribution < -0.4 is 0 Å². The summed E-state index contributed by atoms with van der Waals surface area (Å²) >= 11 is 0. The van der Waals surface area contributed by atoms with Crippen molar-refractivity contribution >= 4 is 11.7 Å². The van der Waals surface area contributed by atoms with Gasteiger partial charge in [0.1, 0.15) is 0 Å². The van der Waals surface area contributed by atoms with Gasteiger partial charge in [-0.25, -0.2) is 0 Å². The Bertz CT molecular complexity index is 870. The van der Waals surface area contributed by atoms with Gasteiger partial charge in [-0.2, -0.15) is 0 Å². The number of likely N-dealkylation sites (tertiary alicyclic amines) is 1. The van der Waals surface area contributed by atoms with Crippen molar-refractivity contribution in [2.24, 2.45) is 0 Å². The summed E-state index contributed by atoms with van der Waals surface area (Å²) in [5.41, 5.74) is 4.88. The minimum atomic E-state index is 0.0708. The zero-order chi connectivity index (χ0) is 19.0. The normalized spacial score (nSPS) is 19.0. The second-order valence-electron chi connectivity index (χ2n) is 7.89. The minimum absolute atomic E-state index is 0.0708. The molecule has 2 aliphatic rings. The molecule has 27 heavy (non-hydrogen) atoms. The summed E-state index contributed by atoms with van der Waals surface area (Å²) in [5, 5.41) is 0. The molecule has 1 heterocycles. The van der Waals surface area contributed by atoms with Crippen LogP contribution in [0.4, 0.5) is 0 Å². The molecular weight excluding hydrogens is 336 g/mol. The standard InChI is InChI=1S/C23H26N2O2/c1-24(2)15-16-8-10-17(11-9-16)21-7-4-14-25(21)23(27)20-6-3-5-19-18(20)12-13-22(19)26/h3,5-6,8-11,21H,4,7,12-15H2,1-2H3. The summed E-state index contributed by atoms with van der Waals surface area (Å²) in [6, 6.07) is 14.4. The highest BCUT2D eigenvalue weighted by molar-refractivity contribution is 6.05. The van der Waals surface area contributed by atoms with Crippen LogP contribution in [0.25, 0.3) is 0 Å². The van der Waals surface area contributed by atoms with Crippen molar-refractivity contribution in [2.45, 2.75) is 38.3 Å². The van der Waals surface area contributed by atoms with Crippen LogP contribution in [0, 0.1) is 0 Å². The van der Waals surface area contributed by atoms with Gasteiger partial charge in [0, 0.05) is 30.6 Å². The summed E-state index contributed by atoms with van der Waals surface area (Å²) in [4.78, 5) is 29.5. The molecule has 1 saturated heterocycles. The number of amides is 1. The van der Waals surface area contributed by atoms with E-state index in [-0.39, 0.29) is 17.7 Å². The highest BCUT2D eigenvalue weighted by Gasteiger charge is 2.33. The molecule has 0 radical (unpaired) electrons. The van der Waals surface area contributed by atoms with Gasteiger partial charge in [-0.3, -0.25) is 9.59 Å². The molecule has 1 aliphatic heterocycles. The maximum absolute atomic E-state index is 13.3. The van der Waals surface area contributed by atoms with Crippen LogP contribution in [0.5, 0.6) is 0 Å². The van der Waals surface area contributed by atoms with Gasteiger partial charge in [0.25, 0.3) is 5.91 Å². The molecule has 0 spiro atoms. The number of benzene rings is 2. The molecule has 4 heteroatoms. The Morgan fingerprint density at radius 2 is 1.89 bits per heavy atom. The number of fused-ring (bicyclic) bond motifs is 1. The van der Waals surface area contributed by atoms with E-state index in [0.29, 0.717) is 12.8 Å². The van der Waals surface area contributed by atoms with Gasteiger partial charge in [-0.05, 0) is 56.1 Å². The molecule has 140 valence electrons. The Kier molecular flexibility index (Phi) is 4.83. The number of rotatable bonds is 4. The van der Waals surface area contributed by atoms with E-state index in [4.69, 9.17) is 0 Å². The van der Waals surface area contributed by atoms with Crippen LogP contribution in [0.15, 0.2) is 42.5 Å². The summed E-state index contributed by atoms with van der Waals surface area (Å²) in [7, 11) is 4.13. The quantitative estimate of drug-likeness (QED) is 0.829. The first-order chi connectivity index (χ1) is 13.0. The van der Waals surface area contributed by atoms with Crippen LogP contribution in [0.2, 0.25) is 0 Å². The molecule has 4 rings (SSSR count). The Hall–Kier alpha value is -2.46. The van der Waals surface area contributed by atoms with Crippen LogP contribution in [-0.4, -0.2) is 42.1 Å². The molecule has 1 unspecified atom stereocenters. The van der Waals surface area contributed by atoms with Gasteiger partial charge in [0.2, 0.25) is 0 Å². The molecule has 1 amide bonds. The van der Waals surface area contributed by atoms with E-state index in [2.05, 4.69) is 43.3 Å². The topological polar surface area (TPSA) is 40.6 Å². The Morgan fingerprint density at radius 1 is 1.11 bits per heavy atom. The largest absolute Gasteiger partial charge is 0.332 e. The lowest BCUT2D eigenvalue weighted by Crippen LogP contribution is -2.31. The third kappa shape index (κ3) is 3.42. The third-order valence-electron chi connectivity index (χ3n) is 5.69. The van der Waals surface area contributed by atoms with Crippen molar-refractivity contribution in [1.82, 2.24) is 9.80 Å². The molecule has 0 N–H and O–H groups in total. The average Bonchev–Trinajstić information content (AvgIpc) is 3.29. The molecule has 0 bridgehead atoms. The third-order valence-corrected chi connectivity index (χ3v) is 5.69. The number of hydrogen-bond donors (Lipinski definition) is 0. The predicted octanol–water partition coefficient (Wildman–Crippen LogP) is 3.85. The molecule has 1 aliphatic carbocycles. The summed E-state index contributed by atoms with van der Waals surface area (Å²) in [6.07, 6.45) is 3.22. The van der Waals surface area contributed by atoms with Crippen molar-refractivity contribution in [1.29, 1.82) is 0 Å². The van der Waals surface area contributed by atoms with Crippen LogP contribution in [0.3, 0.4) is 0 Å². The van der Waals surface area contributed by atoms with Gasteiger partial charge in [0.15, 0.2) is 5.78 Å². The molecule has 0 aromatic heterocycles. The molecule has 4 nitrogen and oxygen atoms in total. The molecule has 1 atom stereocenters. The fourth-order valence-electron chi connectivity index (χ4n) is 4.41. The van der Waals surface area contributed by atoms with Crippen molar-refractivity contribution in [3.05, 3.63) is 70.3 Å². The summed E-state index contributed by atoms with van der Waals surface area (Å²) in [6.45, 7) is 1.69. The van der Waals surface area contributed by atoms with Crippen molar-refractivity contribution in [2.75, 3.05) is 20.6 Å². The second-order valence-corrected chi connectivity index (χ2v) is 7.89. The fourth-order valence-corrected chi connectivity index (χ4v) is 4.41. The van der Waals surface area contributed by atoms with E-state index in [0.717, 1.165) is 42.6 Å². The minimum Gasteiger partial charge on any atom is -0.332 e. The number of carbonyl (C=O) groups is 2. The van der Waals surface area contributed by atoms with Crippen molar-refractivity contribution < 1.29 is 9.59 Å². The van der Waals surface area contributed by atoms with Crippen molar-refractivity contribution in [3.8, 4) is 0 Å². The zero-order valence-electron chi connectivity index (χ0n) is 16.1. The van der Waals surface area contributed by atoms with Gasteiger partial charge >= 0.3 is 0 Å². The second kappa shape index (κ2) is 7.28. The van der Waals surface area contributed by atoms with Gasteiger partial charge in [0.05, 0.1) is 6.04 Å². The molecular formula is C23H26N2O2. The first kappa shape index (κ1) is 17.9. The Morgan fingerprint density at radius 3 is 2.63 bits per heavy atom. The first-order valence-corrected chi connectivity index (χ1v) is 9.74. The van der Waals surface area contributed by atoms with E-state index >= 15 is 0 Å². The maximum atomic E-state index is 13.3. The Labute approximate surface area is 160 Å². The van der Waals surface area contributed by atoms with Gasteiger partial charge in [-0.15, -0.1) is 0 Å².